The van der Waals surface area contributed by atoms with Gasteiger partial charge in [0.25, 0.3) is 0 Å². The summed E-state index contributed by atoms with van der Waals surface area (Å²) in [6.45, 7) is 4.85. The molecule has 6 nitrogen and oxygen atoms in total. The maximum atomic E-state index is 13.1. The molecule has 0 radical (unpaired) electrons. The van der Waals surface area contributed by atoms with Gasteiger partial charge in [0.1, 0.15) is 15.8 Å². The van der Waals surface area contributed by atoms with Crippen molar-refractivity contribution in [3.05, 3.63) is 69.2 Å². The SMILES string of the molecule is COc1ccc(Cc2nnc(C3CCN(S(=O)(=O)c4ccc(C)cc4C)CC3)s2)cc1. The highest BCUT2D eigenvalue weighted by Crippen LogP contribution is 2.33. The fourth-order valence-corrected chi connectivity index (χ4v) is 6.71. The molecule has 0 amide bonds. The fourth-order valence-electron chi connectivity index (χ4n) is 3.99. The molecule has 0 aliphatic carbocycles. The molecule has 0 atom stereocenters. The van der Waals surface area contributed by atoms with Crippen LogP contribution in [0.4, 0.5) is 0 Å². The molecule has 0 unspecified atom stereocenters. The molecule has 2 aromatic carbocycles. The summed E-state index contributed by atoms with van der Waals surface area (Å²) in [5, 5.41) is 10.8. The maximum Gasteiger partial charge on any atom is 0.243 e. The van der Waals surface area contributed by atoms with E-state index in [0.717, 1.165) is 51.7 Å². The van der Waals surface area contributed by atoms with Crippen molar-refractivity contribution in [1.82, 2.24) is 14.5 Å². The van der Waals surface area contributed by atoms with Crippen LogP contribution in [0.5, 0.6) is 5.75 Å². The number of methoxy groups -OCH3 is 1. The Morgan fingerprint density at radius 1 is 1.06 bits per heavy atom. The van der Waals surface area contributed by atoms with E-state index in [1.165, 1.54) is 0 Å². The predicted molar refractivity (Wildman–Crippen MR) is 122 cm³/mol. The third kappa shape index (κ3) is 4.81. The van der Waals surface area contributed by atoms with Crippen LogP contribution < -0.4 is 4.74 Å². The first-order valence-corrected chi connectivity index (χ1v) is 12.6. The number of rotatable bonds is 6. The molecule has 1 fully saturated rings. The number of hydrogen-bond donors (Lipinski definition) is 0. The van der Waals surface area contributed by atoms with Gasteiger partial charge >= 0.3 is 0 Å². The van der Waals surface area contributed by atoms with Gasteiger partial charge in [0, 0.05) is 25.4 Å². The summed E-state index contributed by atoms with van der Waals surface area (Å²) < 4.78 is 33.0. The molecule has 0 N–H and O–H groups in total. The molecule has 0 bridgehead atoms. The Bertz CT molecular complexity index is 1150. The van der Waals surface area contributed by atoms with Crippen molar-refractivity contribution in [2.45, 2.75) is 43.9 Å². The van der Waals surface area contributed by atoms with E-state index in [1.807, 2.05) is 50.2 Å². The van der Waals surface area contributed by atoms with Crippen LogP contribution in [0.15, 0.2) is 47.4 Å². The Kier molecular flexibility index (Phi) is 6.41. The molecule has 31 heavy (non-hydrogen) atoms. The molecular weight excluding hydrogens is 430 g/mol. The first-order chi connectivity index (χ1) is 14.9. The van der Waals surface area contributed by atoms with Gasteiger partial charge in [0.2, 0.25) is 10.0 Å². The van der Waals surface area contributed by atoms with Crippen LogP contribution in [-0.2, 0) is 16.4 Å². The van der Waals surface area contributed by atoms with Crippen molar-refractivity contribution in [3.63, 3.8) is 0 Å². The first kappa shape index (κ1) is 21.9. The second-order valence-corrected chi connectivity index (χ2v) is 11.0. The van der Waals surface area contributed by atoms with E-state index < -0.39 is 10.0 Å². The van der Waals surface area contributed by atoms with Crippen molar-refractivity contribution < 1.29 is 13.2 Å². The van der Waals surface area contributed by atoms with Gasteiger partial charge < -0.3 is 4.74 Å². The van der Waals surface area contributed by atoms with E-state index in [9.17, 15) is 8.42 Å². The van der Waals surface area contributed by atoms with Gasteiger partial charge in [-0.1, -0.05) is 29.8 Å². The van der Waals surface area contributed by atoms with E-state index in [1.54, 1.807) is 28.8 Å². The highest BCUT2D eigenvalue weighted by Gasteiger charge is 2.32. The zero-order chi connectivity index (χ0) is 22.0. The normalized spacial score (nSPS) is 15.8. The molecule has 4 rings (SSSR count). The lowest BCUT2D eigenvalue weighted by Crippen LogP contribution is -2.38. The van der Waals surface area contributed by atoms with Gasteiger partial charge in [-0.15, -0.1) is 21.5 Å². The summed E-state index contributed by atoms with van der Waals surface area (Å²) in [7, 11) is -1.81. The molecule has 164 valence electrons. The van der Waals surface area contributed by atoms with Crippen LogP contribution in [0.2, 0.25) is 0 Å². The Labute approximate surface area is 188 Å². The van der Waals surface area contributed by atoms with Crippen molar-refractivity contribution in [3.8, 4) is 5.75 Å². The summed E-state index contributed by atoms with van der Waals surface area (Å²) in [5.41, 5.74) is 3.03. The van der Waals surface area contributed by atoms with Crippen LogP contribution in [0.3, 0.4) is 0 Å². The highest BCUT2D eigenvalue weighted by atomic mass is 32.2. The van der Waals surface area contributed by atoms with Crippen molar-refractivity contribution in [1.29, 1.82) is 0 Å². The predicted octanol–water partition coefficient (Wildman–Crippen LogP) is 4.32. The number of aromatic nitrogens is 2. The zero-order valence-corrected chi connectivity index (χ0v) is 19.7. The molecule has 1 aliphatic rings. The molecule has 1 aliphatic heterocycles. The van der Waals surface area contributed by atoms with Crippen molar-refractivity contribution in [2.75, 3.05) is 20.2 Å². The average Bonchev–Trinajstić information content (AvgIpc) is 3.22. The van der Waals surface area contributed by atoms with Crippen LogP contribution in [-0.4, -0.2) is 43.1 Å². The van der Waals surface area contributed by atoms with E-state index in [-0.39, 0.29) is 5.92 Å². The van der Waals surface area contributed by atoms with E-state index in [0.29, 0.717) is 18.0 Å². The number of sulfonamides is 1. The second kappa shape index (κ2) is 9.06. The lowest BCUT2D eigenvalue weighted by atomic mass is 9.99. The minimum atomic E-state index is -3.47. The molecule has 2 heterocycles. The minimum Gasteiger partial charge on any atom is -0.497 e. The molecule has 1 saturated heterocycles. The van der Waals surface area contributed by atoms with Gasteiger partial charge in [-0.3, -0.25) is 0 Å². The first-order valence-electron chi connectivity index (χ1n) is 10.4. The van der Waals surface area contributed by atoms with Crippen molar-refractivity contribution in [2.24, 2.45) is 0 Å². The molecule has 8 heteroatoms. The van der Waals surface area contributed by atoms with Crippen LogP contribution >= 0.6 is 11.3 Å². The average molecular weight is 458 g/mol. The lowest BCUT2D eigenvalue weighted by Gasteiger charge is -2.30. The van der Waals surface area contributed by atoms with E-state index in [2.05, 4.69) is 10.2 Å². The molecule has 3 aromatic rings. The Balaban J connectivity index is 1.39. The fraction of sp³-hybridized carbons (Fsp3) is 0.391. The minimum absolute atomic E-state index is 0.257. The van der Waals surface area contributed by atoms with Crippen LogP contribution in [0, 0.1) is 13.8 Å². The summed E-state index contributed by atoms with van der Waals surface area (Å²) in [6.07, 6.45) is 2.27. The number of nitrogens with zero attached hydrogens (tertiary/aromatic N) is 3. The van der Waals surface area contributed by atoms with Gasteiger partial charge in [-0.2, -0.15) is 4.31 Å². The quantitative estimate of drug-likeness (QED) is 0.551. The van der Waals surface area contributed by atoms with Gasteiger partial charge in [0.05, 0.1) is 12.0 Å². The highest BCUT2D eigenvalue weighted by molar-refractivity contribution is 7.89. The smallest absolute Gasteiger partial charge is 0.243 e. The molecule has 0 saturated carbocycles. The Hall–Kier alpha value is -2.29. The Morgan fingerprint density at radius 3 is 2.42 bits per heavy atom. The summed E-state index contributed by atoms with van der Waals surface area (Å²) >= 11 is 1.63. The third-order valence-corrected chi connectivity index (χ3v) is 8.89. The van der Waals surface area contributed by atoms with Gasteiger partial charge in [-0.25, -0.2) is 8.42 Å². The lowest BCUT2D eigenvalue weighted by molar-refractivity contribution is 0.318. The largest absolute Gasteiger partial charge is 0.497 e. The number of ether oxygens (including phenoxy) is 1. The molecule has 0 spiro atoms. The maximum absolute atomic E-state index is 13.1. The Morgan fingerprint density at radius 2 is 1.77 bits per heavy atom. The molecular formula is C23H27N3O3S2. The zero-order valence-electron chi connectivity index (χ0n) is 18.0. The topological polar surface area (TPSA) is 72.4 Å². The van der Waals surface area contributed by atoms with Crippen LogP contribution in [0.1, 0.15) is 45.5 Å². The third-order valence-electron chi connectivity index (χ3n) is 5.75. The van der Waals surface area contributed by atoms with Gasteiger partial charge in [0.15, 0.2) is 0 Å². The van der Waals surface area contributed by atoms with E-state index in [4.69, 9.17) is 4.74 Å². The number of piperidine rings is 1. The number of hydrogen-bond acceptors (Lipinski definition) is 6. The van der Waals surface area contributed by atoms with Gasteiger partial charge in [-0.05, 0) is 56.0 Å². The van der Waals surface area contributed by atoms with Crippen LogP contribution in [0.25, 0.3) is 0 Å². The standard InChI is InChI=1S/C23H27N3O3S2/c1-16-4-9-21(17(2)14-16)31(27,28)26-12-10-19(11-13-26)23-25-24-22(30-23)15-18-5-7-20(29-3)8-6-18/h4-9,14,19H,10-13,15H2,1-3H3. The number of benzene rings is 2. The van der Waals surface area contributed by atoms with Crippen molar-refractivity contribution >= 4 is 21.4 Å². The summed E-state index contributed by atoms with van der Waals surface area (Å²) in [4.78, 5) is 0.411. The number of aryl methyl sites for hydroxylation is 2. The summed E-state index contributed by atoms with van der Waals surface area (Å²) in [5.74, 6) is 1.09. The van der Waals surface area contributed by atoms with E-state index >= 15 is 0 Å². The summed E-state index contributed by atoms with van der Waals surface area (Å²) in [6, 6.07) is 13.5. The molecule has 1 aromatic heterocycles. The second-order valence-electron chi connectivity index (χ2n) is 8.01. The monoisotopic (exact) mass is 457 g/mol.